The van der Waals surface area contributed by atoms with E-state index in [-0.39, 0.29) is 11.9 Å². The molecule has 2 aliphatic heterocycles. The molecule has 1 saturated heterocycles. The lowest BCUT2D eigenvalue weighted by atomic mass is 9.80. The van der Waals surface area contributed by atoms with E-state index in [1.165, 1.54) is 23.1 Å². The van der Waals surface area contributed by atoms with E-state index in [0.717, 1.165) is 38.9 Å². The molecule has 1 spiro atoms. The van der Waals surface area contributed by atoms with Gasteiger partial charge in [0.2, 0.25) is 0 Å². The monoisotopic (exact) mass is 337 g/mol. The molecule has 0 amide bonds. The van der Waals surface area contributed by atoms with Crippen molar-refractivity contribution in [2.24, 2.45) is 0 Å². The maximum Gasteiger partial charge on any atom is 0.162 e. The summed E-state index contributed by atoms with van der Waals surface area (Å²) in [5.41, 5.74) is 3.94. The Hall–Kier alpha value is -1.68. The Morgan fingerprint density at radius 1 is 1.12 bits per heavy atom. The third-order valence-electron chi connectivity index (χ3n) is 5.61. The second-order valence-electron chi connectivity index (χ2n) is 7.25. The molecule has 0 N–H and O–H groups in total. The topological polar surface area (TPSA) is 21.7 Å². The van der Waals surface area contributed by atoms with Crippen molar-refractivity contribution >= 4 is 0 Å². The first-order valence-electron chi connectivity index (χ1n) is 9.34. The Morgan fingerprint density at radius 2 is 1.92 bits per heavy atom. The van der Waals surface area contributed by atoms with E-state index in [4.69, 9.17) is 9.47 Å². The zero-order chi connectivity index (χ0) is 17.1. The van der Waals surface area contributed by atoms with Gasteiger partial charge < -0.3 is 9.47 Å². The van der Waals surface area contributed by atoms with E-state index in [0.29, 0.717) is 0 Å². The standard InChI is InChI=1S/C22H27NO2/c1-24-21-16-19-10-5-6-11-20(19)22(25-21)13-7-14-23(17-22)15-12-18-8-3-2-4-9-18/h2-6,8-11,21H,7,12-17H2,1H3/t21-,22+/m0/s1. The maximum atomic E-state index is 6.51. The first-order chi connectivity index (χ1) is 12.3. The van der Waals surface area contributed by atoms with Crippen molar-refractivity contribution in [2.75, 3.05) is 26.7 Å². The molecule has 132 valence electrons. The van der Waals surface area contributed by atoms with Gasteiger partial charge in [0.05, 0.1) is 0 Å². The van der Waals surface area contributed by atoms with Gasteiger partial charge >= 0.3 is 0 Å². The molecule has 0 unspecified atom stereocenters. The molecule has 0 bridgehead atoms. The van der Waals surface area contributed by atoms with E-state index in [9.17, 15) is 0 Å². The quantitative estimate of drug-likeness (QED) is 0.848. The Bertz CT molecular complexity index is 702. The Balaban J connectivity index is 1.53. The van der Waals surface area contributed by atoms with Crippen LogP contribution in [0.3, 0.4) is 0 Å². The second kappa shape index (κ2) is 7.28. The van der Waals surface area contributed by atoms with Crippen LogP contribution in [-0.2, 0) is 27.9 Å². The summed E-state index contributed by atoms with van der Waals surface area (Å²) in [6.45, 7) is 3.18. The van der Waals surface area contributed by atoms with Gasteiger partial charge in [-0.25, -0.2) is 0 Å². The molecule has 2 aliphatic rings. The van der Waals surface area contributed by atoms with Gasteiger partial charge in [-0.15, -0.1) is 0 Å². The lowest BCUT2D eigenvalue weighted by molar-refractivity contribution is -0.228. The molecule has 0 saturated carbocycles. The van der Waals surface area contributed by atoms with Crippen molar-refractivity contribution in [3.8, 4) is 0 Å². The van der Waals surface area contributed by atoms with Gasteiger partial charge in [-0.05, 0) is 42.5 Å². The molecular formula is C22H27NO2. The summed E-state index contributed by atoms with van der Waals surface area (Å²) < 4.78 is 12.1. The molecule has 2 aromatic rings. The highest BCUT2D eigenvalue weighted by atomic mass is 16.7. The summed E-state index contributed by atoms with van der Waals surface area (Å²) in [5, 5.41) is 0. The predicted molar refractivity (Wildman–Crippen MR) is 99.5 cm³/mol. The number of methoxy groups -OCH3 is 1. The van der Waals surface area contributed by atoms with E-state index >= 15 is 0 Å². The first kappa shape index (κ1) is 16.8. The van der Waals surface area contributed by atoms with Crippen LogP contribution >= 0.6 is 0 Å². The predicted octanol–water partition coefficient (Wildman–Crippen LogP) is 3.77. The summed E-state index contributed by atoms with van der Waals surface area (Å²) in [4.78, 5) is 2.56. The molecule has 2 aromatic carbocycles. The van der Waals surface area contributed by atoms with E-state index in [1.807, 2.05) is 0 Å². The van der Waals surface area contributed by atoms with E-state index in [2.05, 4.69) is 59.5 Å². The summed E-state index contributed by atoms with van der Waals surface area (Å²) in [6, 6.07) is 19.5. The SMILES string of the molecule is CO[C@@H]1Cc2ccccc2[C@]2(CCCN(CCc3ccccc3)C2)O1. The fourth-order valence-corrected chi connectivity index (χ4v) is 4.36. The lowest BCUT2D eigenvalue weighted by Gasteiger charge is -2.48. The number of ether oxygens (including phenoxy) is 2. The summed E-state index contributed by atoms with van der Waals surface area (Å²) in [6.07, 6.45) is 4.04. The van der Waals surface area contributed by atoms with Crippen LogP contribution in [0.15, 0.2) is 54.6 Å². The number of fused-ring (bicyclic) bond motifs is 2. The van der Waals surface area contributed by atoms with Crippen molar-refractivity contribution in [2.45, 2.75) is 37.6 Å². The third kappa shape index (κ3) is 3.50. The molecule has 1 fully saturated rings. The number of nitrogens with zero attached hydrogens (tertiary/aromatic N) is 1. The van der Waals surface area contributed by atoms with Gasteiger partial charge in [0.25, 0.3) is 0 Å². The van der Waals surface area contributed by atoms with Crippen LogP contribution < -0.4 is 0 Å². The lowest BCUT2D eigenvalue weighted by Crippen LogP contribution is -2.52. The Kier molecular flexibility index (Phi) is 4.89. The van der Waals surface area contributed by atoms with Crippen molar-refractivity contribution in [3.05, 3.63) is 71.3 Å². The van der Waals surface area contributed by atoms with E-state index in [1.54, 1.807) is 7.11 Å². The summed E-state index contributed by atoms with van der Waals surface area (Å²) in [5.74, 6) is 0. The van der Waals surface area contributed by atoms with Crippen molar-refractivity contribution in [1.82, 2.24) is 4.90 Å². The van der Waals surface area contributed by atoms with Crippen LogP contribution in [0.5, 0.6) is 0 Å². The van der Waals surface area contributed by atoms with Crippen molar-refractivity contribution < 1.29 is 9.47 Å². The largest absolute Gasteiger partial charge is 0.355 e. The van der Waals surface area contributed by atoms with Crippen molar-refractivity contribution in [3.63, 3.8) is 0 Å². The highest BCUT2D eigenvalue weighted by Crippen LogP contribution is 2.42. The second-order valence-corrected chi connectivity index (χ2v) is 7.25. The molecule has 3 nitrogen and oxygen atoms in total. The number of hydrogen-bond acceptors (Lipinski definition) is 3. The molecule has 0 aromatic heterocycles. The highest BCUT2D eigenvalue weighted by molar-refractivity contribution is 5.35. The average Bonchev–Trinajstić information content (AvgIpc) is 2.67. The maximum absolute atomic E-state index is 6.51. The van der Waals surface area contributed by atoms with Crippen LogP contribution in [0.4, 0.5) is 0 Å². The minimum atomic E-state index is -0.218. The van der Waals surface area contributed by atoms with Crippen LogP contribution in [0.2, 0.25) is 0 Å². The Morgan fingerprint density at radius 3 is 2.76 bits per heavy atom. The van der Waals surface area contributed by atoms with Gasteiger partial charge in [-0.3, -0.25) is 4.90 Å². The average molecular weight is 337 g/mol. The third-order valence-corrected chi connectivity index (χ3v) is 5.61. The fourth-order valence-electron chi connectivity index (χ4n) is 4.36. The van der Waals surface area contributed by atoms with Crippen LogP contribution in [0.1, 0.15) is 29.5 Å². The number of piperidine rings is 1. The molecule has 0 aliphatic carbocycles. The number of hydrogen-bond donors (Lipinski definition) is 0. The van der Waals surface area contributed by atoms with Gasteiger partial charge in [0, 0.05) is 26.6 Å². The molecule has 3 heteroatoms. The minimum Gasteiger partial charge on any atom is -0.355 e. The molecule has 0 radical (unpaired) electrons. The van der Waals surface area contributed by atoms with Crippen molar-refractivity contribution in [1.29, 1.82) is 0 Å². The van der Waals surface area contributed by atoms with Crippen LogP contribution in [-0.4, -0.2) is 37.9 Å². The van der Waals surface area contributed by atoms with E-state index < -0.39 is 0 Å². The van der Waals surface area contributed by atoms with Crippen LogP contribution in [0.25, 0.3) is 0 Å². The number of likely N-dealkylation sites (tertiary alicyclic amines) is 1. The smallest absolute Gasteiger partial charge is 0.162 e. The number of benzene rings is 2. The molecule has 4 rings (SSSR count). The van der Waals surface area contributed by atoms with Gasteiger partial charge in [0.1, 0.15) is 5.60 Å². The fraction of sp³-hybridized carbons (Fsp3) is 0.455. The normalized spacial score (nSPS) is 26.5. The molecule has 25 heavy (non-hydrogen) atoms. The zero-order valence-corrected chi connectivity index (χ0v) is 15.0. The summed E-state index contributed by atoms with van der Waals surface area (Å²) >= 11 is 0. The highest BCUT2D eigenvalue weighted by Gasteiger charge is 2.44. The minimum absolute atomic E-state index is 0.135. The molecule has 2 atom stereocenters. The molecule has 2 heterocycles. The Labute approximate surface area is 150 Å². The van der Waals surface area contributed by atoms with Crippen LogP contribution in [0, 0.1) is 0 Å². The first-order valence-corrected chi connectivity index (χ1v) is 9.34. The zero-order valence-electron chi connectivity index (χ0n) is 15.0. The van der Waals surface area contributed by atoms with Gasteiger partial charge in [-0.2, -0.15) is 0 Å². The summed E-state index contributed by atoms with van der Waals surface area (Å²) in [7, 11) is 1.75. The van der Waals surface area contributed by atoms with Gasteiger partial charge in [0.15, 0.2) is 6.29 Å². The molecular weight excluding hydrogens is 310 g/mol. The van der Waals surface area contributed by atoms with Gasteiger partial charge in [-0.1, -0.05) is 54.6 Å². The number of rotatable bonds is 4.